The SMILES string of the molecule is COC(=O)c1ccccc1NC(=O)Nc1cccc(-c2cccc3cc(NC(=O)Nc4ccccc4C(=O)OC)ccc23)c1. The molecule has 0 aliphatic carbocycles. The quantitative estimate of drug-likeness (QED) is 0.147. The Labute approximate surface area is 253 Å². The van der Waals surface area contributed by atoms with Gasteiger partial charge in [0.25, 0.3) is 0 Å². The summed E-state index contributed by atoms with van der Waals surface area (Å²) < 4.78 is 9.58. The highest BCUT2D eigenvalue weighted by atomic mass is 16.5. The molecule has 0 bridgehead atoms. The summed E-state index contributed by atoms with van der Waals surface area (Å²) in [7, 11) is 2.56. The van der Waals surface area contributed by atoms with Gasteiger partial charge in [-0.1, -0.05) is 60.7 Å². The zero-order valence-corrected chi connectivity index (χ0v) is 23.8. The van der Waals surface area contributed by atoms with E-state index >= 15 is 0 Å². The van der Waals surface area contributed by atoms with Gasteiger partial charge in [-0.3, -0.25) is 0 Å². The lowest BCUT2D eigenvalue weighted by Gasteiger charge is -2.13. The van der Waals surface area contributed by atoms with Crippen LogP contribution in [0.25, 0.3) is 21.9 Å². The third kappa shape index (κ3) is 6.66. The molecule has 0 saturated carbocycles. The van der Waals surface area contributed by atoms with Crippen molar-refractivity contribution in [3.63, 3.8) is 0 Å². The smallest absolute Gasteiger partial charge is 0.339 e. The molecule has 0 unspecified atom stereocenters. The number of carbonyl (C=O) groups excluding carboxylic acids is 4. The summed E-state index contributed by atoms with van der Waals surface area (Å²) in [5.41, 5.74) is 4.03. The molecule has 0 fully saturated rings. The Hall–Kier alpha value is -6.16. The van der Waals surface area contributed by atoms with Crippen LogP contribution in [-0.2, 0) is 9.47 Å². The molecule has 10 nitrogen and oxygen atoms in total. The number of hydrogen-bond acceptors (Lipinski definition) is 6. The Morgan fingerprint density at radius 2 is 1.07 bits per heavy atom. The van der Waals surface area contributed by atoms with Gasteiger partial charge in [-0.25, -0.2) is 19.2 Å². The molecular formula is C34H28N4O6. The van der Waals surface area contributed by atoms with Crippen molar-refractivity contribution in [2.45, 2.75) is 0 Å². The fourth-order valence-corrected chi connectivity index (χ4v) is 4.71. The zero-order chi connectivity index (χ0) is 31.1. The molecule has 0 aliphatic rings. The average molecular weight is 589 g/mol. The second-order valence-electron chi connectivity index (χ2n) is 9.55. The van der Waals surface area contributed by atoms with Crippen molar-refractivity contribution in [1.29, 1.82) is 0 Å². The highest BCUT2D eigenvalue weighted by Gasteiger charge is 2.15. The number of hydrogen-bond donors (Lipinski definition) is 4. The molecule has 5 aromatic carbocycles. The van der Waals surface area contributed by atoms with Gasteiger partial charge in [0.1, 0.15) is 0 Å². The monoisotopic (exact) mass is 588 g/mol. The number of para-hydroxylation sites is 2. The average Bonchev–Trinajstić information content (AvgIpc) is 3.04. The van der Waals surface area contributed by atoms with E-state index in [1.54, 1.807) is 60.7 Å². The van der Waals surface area contributed by atoms with E-state index in [2.05, 4.69) is 21.3 Å². The molecule has 0 spiro atoms. The Balaban J connectivity index is 1.31. The van der Waals surface area contributed by atoms with E-state index in [4.69, 9.17) is 9.47 Å². The van der Waals surface area contributed by atoms with Gasteiger partial charge < -0.3 is 30.7 Å². The van der Waals surface area contributed by atoms with Gasteiger partial charge in [0.15, 0.2) is 0 Å². The van der Waals surface area contributed by atoms with Crippen LogP contribution >= 0.6 is 0 Å². The Bertz CT molecular complexity index is 1890. The van der Waals surface area contributed by atoms with Crippen molar-refractivity contribution in [2.75, 3.05) is 35.5 Å². The van der Waals surface area contributed by atoms with Crippen LogP contribution in [0.4, 0.5) is 32.3 Å². The molecule has 4 amide bonds. The van der Waals surface area contributed by atoms with Gasteiger partial charge in [0.2, 0.25) is 0 Å². The maximum atomic E-state index is 12.8. The second-order valence-corrected chi connectivity index (χ2v) is 9.55. The summed E-state index contributed by atoms with van der Waals surface area (Å²) in [5, 5.41) is 12.8. The minimum Gasteiger partial charge on any atom is -0.465 e. The van der Waals surface area contributed by atoms with Crippen LogP contribution < -0.4 is 21.3 Å². The summed E-state index contributed by atoms with van der Waals surface area (Å²) in [6.45, 7) is 0. The van der Waals surface area contributed by atoms with Gasteiger partial charge in [-0.2, -0.15) is 0 Å². The van der Waals surface area contributed by atoms with Gasteiger partial charge in [0.05, 0.1) is 36.7 Å². The number of amides is 4. The van der Waals surface area contributed by atoms with Crippen molar-refractivity contribution < 1.29 is 28.7 Å². The molecule has 0 atom stereocenters. The highest BCUT2D eigenvalue weighted by molar-refractivity contribution is 6.07. The molecule has 0 saturated heterocycles. The number of urea groups is 2. The molecular weight excluding hydrogens is 560 g/mol. The van der Waals surface area contributed by atoms with E-state index in [1.165, 1.54) is 14.2 Å². The molecule has 220 valence electrons. The van der Waals surface area contributed by atoms with Gasteiger partial charge >= 0.3 is 24.0 Å². The number of benzene rings is 5. The third-order valence-electron chi connectivity index (χ3n) is 6.73. The van der Waals surface area contributed by atoms with Crippen LogP contribution in [0.3, 0.4) is 0 Å². The third-order valence-corrected chi connectivity index (χ3v) is 6.73. The number of carbonyl (C=O) groups is 4. The lowest BCUT2D eigenvalue weighted by molar-refractivity contribution is 0.0593. The molecule has 44 heavy (non-hydrogen) atoms. The van der Waals surface area contributed by atoms with Gasteiger partial charge in [0, 0.05) is 11.4 Å². The number of ether oxygens (including phenoxy) is 2. The number of fused-ring (bicyclic) bond motifs is 1. The molecule has 0 aromatic heterocycles. The van der Waals surface area contributed by atoms with Crippen LogP contribution in [0, 0.1) is 0 Å². The van der Waals surface area contributed by atoms with Gasteiger partial charge in [-0.15, -0.1) is 0 Å². The number of esters is 2. The zero-order valence-electron chi connectivity index (χ0n) is 23.8. The van der Waals surface area contributed by atoms with Gasteiger partial charge in [-0.05, 0) is 70.4 Å². The number of methoxy groups -OCH3 is 2. The minimum atomic E-state index is -0.554. The fraction of sp³-hybridized carbons (Fsp3) is 0.0588. The van der Waals surface area contributed by atoms with Crippen LogP contribution in [0.15, 0.2) is 109 Å². The number of nitrogens with one attached hydrogen (secondary N) is 4. The van der Waals surface area contributed by atoms with Crippen molar-refractivity contribution in [2.24, 2.45) is 0 Å². The number of anilines is 4. The Morgan fingerprint density at radius 1 is 0.523 bits per heavy atom. The minimum absolute atomic E-state index is 0.243. The molecule has 0 radical (unpaired) electrons. The summed E-state index contributed by atoms with van der Waals surface area (Å²) in [6, 6.07) is 30.9. The molecule has 10 heteroatoms. The summed E-state index contributed by atoms with van der Waals surface area (Å²) in [4.78, 5) is 49.6. The van der Waals surface area contributed by atoms with Crippen molar-refractivity contribution in [3.8, 4) is 11.1 Å². The summed E-state index contributed by atoms with van der Waals surface area (Å²) in [6.07, 6.45) is 0. The second kappa shape index (κ2) is 13.2. The molecule has 5 rings (SSSR count). The van der Waals surface area contributed by atoms with Crippen LogP contribution in [-0.4, -0.2) is 38.2 Å². The fourth-order valence-electron chi connectivity index (χ4n) is 4.71. The number of rotatable bonds is 7. The first kappa shape index (κ1) is 29.3. The maximum absolute atomic E-state index is 12.8. The predicted octanol–water partition coefficient (Wildman–Crippen LogP) is 7.37. The normalized spacial score (nSPS) is 10.4. The van der Waals surface area contributed by atoms with Crippen LogP contribution in [0.2, 0.25) is 0 Å². The van der Waals surface area contributed by atoms with E-state index < -0.39 is 24.0 Å². The molecule has 4 N–H and O–H groups in total. The van der Waals surface area contributed by atoms with Crippen LogP contribution in [0.5, 0.6) is 0 Å². The first-order chi connectivity index (χ1) is 21.4. The topological polar surface area (TPSA) is 135 Å². The maximum Gasteiger partial charge on any atom is 0.339 e. The standard InChI is InChI=1S/C34H28N4O6/c1-43-31(39)27-12-3-5-15-29(27)37-33(41)35-23-11-7-9-21(19-23)25-14-8-10-22-20-24(17-18-26(22)25)36-34(42)38-30-16-6-4-13-28(30)32(40)44-2/h3-20H,1-2H3,(H2,35,37,41)(H2,36,38,42). The van der Waals surface area contributed by atoms with E-state index in [9.17, 15) is 19.2 Å². The van der Waals surface area contributed by atoms with E-state index in [0.717, 1.165) is 21.9 Å². The largest absolute Gasteiger partial charge is 0.465 e. The molecule has 0 aliphatic heterocycles. The molecule has 0 heterocycles. The molecule has 5 aromatic rings. The van der Waals surface area contributed by atoms with Crippen molar-refractivity contribution in [3.05, 3.63) is 120 Å². The van der Waals surface area contributed by atoms with E-state index in [1.807, 2.05) is 48.5 Å². The lowest BCUT2D eigenvalue weighted by Crippen LogP contribution is -2.21. The Kier molecular flexibility index (Phi) is 8.81. The Morgan fingerprint density at radius 3 is 1.66 bits per heavy atom. The highest BCUT2D eigenvalue weighted by Crippen LogP contribution is 2.32. The summed E-state index contributed by atoms with van der Waals surface area (Å²) >= 11 is 0. The predicted molar refractivity (Wildman–Crippen MR) is 170 cm³/mol. The van der Waals surface area contributed by atoms with Crippen molar-refractivity contribution in [1.82, 2.24) is 0 Å². The van der Waals surface area contributed by atoms with Crippen molar-refractivity contribution >= 4 is 57.5 Å². The first-order valence-electron chi connectivity index (χ1n) is 13.5. The first-order valence-corrected chi connectivity index (χ1v) is 13.5. The lowest BCUT2D eigenvalue weighted by atomic mass is 9.97. The van der Waals surface area contributed by atoms with E-state index in [0.29, 0.717) is 22.7 Å². The summed E-state index contributed by atoms with van der Waals surface area (Å²) in [5.74, 6) is -1.11. The van der Waals surface area contributed by atoms with Crippen LogP contribution in [0.1, 0.15) is 20.7 Å². The van der Waals surface area contributed by atoms with E-state index in [-0.39, 0.29) is 11.1 Å².